The number of rotatable bonds is 12. The molecule has 0 saturated carbocycles. The number of unbranched alkanes of at least 4 members (excludes halogenated alkanes) is 6. The van der Waals surface area contributed by atoms with Crippen LogP contribution in [0.15, 0.2) is 24.3 Å². The van der Waals surface area contributed by atoms with E-state index in [9.17, 15) is 4.79 Å². The Labute approximate surface area is 128 Å². The lowest BCUT2D eigenvalue weighted by molar-refractivity contribution is 0.100. The number of amides is 1. The normalized spacial score (nSPS) is 10.7. The molecule has 0 bridgehead atoms. The van der Waals surface area contributed by atoms with E-state index in [1.54, 1.807) is 12.1 Å². The first-order valence-corrected chi connectivity index (χ1v) is 8.03. The highest BCUT2D eigenvalue weighted by Crippen LogP contribution is 2.07. The predicted molar refractivity (Wildman–Crippen MR) is 88.0 cm³/mol. The summed E-state index contributed by atoms with van der Waals surface area (Å²) in [6.07, 6.45) is 8.91. The Morgan fingerprint density at radius 2 is 1.48 bits per heavy atom. The molecular formula is C17H29N3O. The van der Waals surface area contributed by atoms with Crippen LogP contribution < -0.4 is 16.8 Å². The van der Waals surface area contributed by atoms with E-state index in [1.165, 1.54) is 44.1 Å². The molecule has 0 heterocycles. The third-order valence-corrected chi connectivity index (χ3v) is 3.63. The SMILES string of the molecule is NCCCCCCCCCNCc1ccc(C(N)=O)cc1. The Kier molecular flexibility index (Phi) is 9.49. The van der Waals surface area contributed by atoms with Crippen LogP contribution in [0.25, 0.3) is 0 Å². The maximum absolute atomic E-state index is 11.0. The van der Waals surface area contributed by atoms with Gasteiger partial charge in [-0.05, 0) is 43.6 Å². The Hall–Kier alpha value is -1.39. The summed E-state index contributed by atoms with van der Waals surface area (Å²) in [4.78, 5) is 11.0. The molecule has 0 aliphatic carbocycles. The zero-order valence-corrected chi connectivity index (χ0v) is 12.9. The second-order valence-corrected chi connectivity index (χ2v) is 5.50. The number of benzene rings is 1. The molecule has 0 saturated heterocycles. The molecule has 0 unspecified atom stereocenters. The number of carbonyl (C=O) groups is 1. The molecule has 5 N–H and O–H groups in total. The van der Waals surface area contributed by atoms with Crippen molar-refractivity contribution in [1.29, 1.82) is 0 Å². The Bertz CT molecular complexity index is 390. The second kappa shape index (κ2) is 11.3. The molecule has 0 radical (unpaired) electrons. The summed E-state index contributed by atoms with van der Waals surface area (Å²) in [6.45, 7) is 2.71. The van der Waals surface area contributed by atoms with Crippen molar-refractivity contribution in [2.24, 2.45) is 11.5 Å². The third-order valence-electron chi connectivity index (χ3n) is 3.63. The fraction of sp³-hybridized carbons (Fsp3) is 0.588. The molecule has 4 nitrogen and oxygen atoms in total. The van der Waals surface area contributed by atoms with Crippen molar-refractivity contribution in [3.63, 3.8) is 0 Å². The van der Waals surface area contributed by atoms with E-state index in [0.717, 1.165) is 26.1 Å². The van der Waals surface area contributed by atoms with E-state index in [0.29, 0.717) is 5.56 Å². The van der Waals surface area contributed by atoms with E-state index in [-0.39, 0.29) is 5.91 Å². The van der Waals surface area contributed by atoms with Crippen LogP contribution in [0, 0.1) is 0 Å². The molecule has 118 valence electrons. The van der Waals surface area contributed by atoms with Gasteiger partial charge in [-0.2, -0.15) is 0 Å². The van der Waals surface area contributed by atoms with Crippen molar-refractivity contribution in [2.45, 2.75) is 51.5 Å². The van der Waals surface area contributed by atoms with Crippen LogP contribution in [0.3, 0.4) is 0 Å². The van der Waals surface area contributed by atoms with Gasteiger partial charge in [-0.25, -0.2) is 0 Å². The van der Waals surface area contributed by atoms with Gasteiger partial charge < -0.3 is 16.8 Å². The van der Waals surface area contributed by atoms with Gasteiger partial charge in [0.05, 0.1) is 0 Å². The zero-order chi connectivity index (χ0) is 15.3. The van der Waals surface area contributed by atoms with E-state index >= 15 is 0 Å². The lowest BCUT2D eigenvalue weighted by Crippen LogP contribution is -2.15. The van der Waals surface area contributed by atoms with Crippen molar-refractivity contribution < 1.29 is 4.79 Å². The first-order valence-electron chi connectivity index (χ1n) is 8.03. The van der Waals surface area contributed by atoms with E-state index < -0.39 is 0 Å². The number of hydrogen-bond donors (Lipinski definition) is 3. The van der Waals surface area contributed by atoms with Crippen LogP contribution in [0.1, 0.15) is 60.9 Å². The van der Waals surface area contributed by atoms with Gasteiger partial charge in [0, 0.05) is 12.1 Å². The largest absolute Gasteiger partial charge is 0.366 e. The van der Waals surface area contributed by atoms with Crippen LogP contribution in [0.2, 0.25) is 0 Å². The standard InChI is InChI=1S/C17H29N3O/c18-12-6-4-2-1-3-5-7-13-20-14-15-8-10-16(11-9-15)17(19)21/h8-11,20H,1-7,12-14,18H2,(H2,19,21). The van der Waals surface area contributed by atoms with Crippen LogP contribution in [0.5, 0.6) is 0 Å². The Morgan fingerprint density at radius 1 is 0.905 bits per heavy atom. The van der Waals surface area contributed by atoms with Crippen LogP contribution in [-0.2, 0) is 6.54 Å². The van der Waals surface area contributed by atoms with E-state index in [2.05, 4.69) is 5.32 Å². The van der Waals surface area contributed by atoms with Gasteiger partial charge in [0.1, 0.15) is 0 Å². The molecule has 0 aliphatic rings. The molecule has 21 heavy (non-hydrogen) atoms. The van der Waals surface area contributed by atoms with Gasteiger partial charge in [0.15, 0.2) is 0 Å². The van der Waals surface area contributed by atoms with Crippen molar-refractivity contribution in [1.82, 2.24) is 5.32 Å². The first kappa shape index (κ1) is 17.7. The third kappa shape index (κ3) is 8.48. The van der Waals surface area contributed by atoms with Gasteiger partial charge >= 0.3 is 0 Å². The Morgan fingerprint density at radius 3 is 2.05 bits per heavy atom. The topological polar surface area (TPSA) is 81.1 Å². The fourth-order valence-electron chi connectivity index (χ4n) is 2.30. The maximum Gasteiger partial charge on any atom is 0.248 e. The minimum atomic E-state index is -0.374. The molecule has 0 aliphatic heterocycles. The summed E-state index contributed by atoms with van der Waals surface area (Å²) >= 11 is 0. The van der Waals surface area contributed by atoms with Gasteiger partial charge in [0.25, 0.3) is 0 Å². The Balaban J connectivity index is 1.98. The van der Waals surface area contributed by atoms with E-state index in [1.807, 2.05) is 12.1 Å². The van der Waals surface area contributed by atoms with Crippen LogP contribution >= 0.6 is 0 Å². The highest BCUT2D eigenvalue weighted by atomic mass is 16.1. The smallest absolute Gasteiger partial charge is 0.248 e. The number of nitrogens with two attached hydrogens (primary N) is 2. The van der Waals surface area contributed by atoms with Gasteiger partial charge in [0.2, 0.25) is 5.91 Å². The van der Waals surface area contributed by atoms with Crippen molar-refractivity contribution in [3.05, 3.63) is 35.4 Å². The molecule has 1 amide bonds. The molecule has 1 aromatic carbocycles. The quantitative estimate of drug-likeness (QED) is 0.518. The van der Waals surface area contributed by atoms with Crippen molar-refractivity contribution in [2.75, 3.05) is 13.1 Å². The zero-order valence-electron chi connectivity index (χ0n) is 12.9. The molecule has 1 aromatic rings. The highest BCUT2D eigenvalue weighted by Gasteiger charge is 1.99. The second-order valence-electron chi connectivity index (χ2n) is 5.50. The molecule has 4 heteroatoms. The average molecular weight is 291 g/mol. The van der Waals surface area contributed by atoms with Crippen LogP contribution in [0.4, 0.5) is 0 Å². The summed E-state index contributed by atoms with van der Waals surface area (Å²) in [5.74, 6) is -0.374. The minimum Gasteiger partial charge on any atom is -0.366 e. The van der Waals surface area contributed by atoms with Gasteiger partial charge in [-0.1, -0.05) is 44.2 Å². The summed E-state index contributed by atoms with van der Waals surface area (Å²) in [7, 11) is 0. The molecule has 1 rings (SSSR count). The predicted octanol–water partition coefficient (Wildman–Crippen LogP) is 2.56. The monoisotopic (exact) mass is 291 g/mol. The maximum atomic E-state index is 11.0. The number of hydrogen-bond acceptors (Lipinski definition) is 3. The summed E-state index contributed by atoms with van der Waals surface area (Å²) in [5, 5.41) is 3.43. The van der Waals surface area contributed by atoms with Gasteiger partial charge in [-0.15, -0.1) is 0 Å². The first-order chi connectivity index (χ1) is 10.2. The molecule has 0 fully saturated rings. The lowest BCUT2D eigenvalue weighted by atomic mass is 10.1. The average Bonchev–Trinajstić information content (AvgIpc) is 2.49. The molecule has 0 spiro atoms. The lowest BCUT2D eigenvalue weighted by Gasteiger charge is -2.06. The van der Waals surface area contributed by atoms with Gasteiger partial charge in [-0.3, -0.25) is 4.79 Å². The molecule has 0 aromatic heterocycles. The van der Waals surface area contributed by atoms with Crippen molar-refractivity contribution in [3.8, 4) is 0 Å². The molecule has 0 atom stereocenters. The highest BCUT2D eigenvalue weighted by molar-refractivity contribution is 5.92. The van der Waals surface area contributed by atoms with Crippen molar-refractivity contribution >= 4 is 5.91 Å². The number of primary amides is 1. The molecular weight excluding hydrogens is 262 g/mol. The summed E-state index contributed by atoms with van der Waals surface area (Å²) in [6, 6.07) is 7.45. The summed E-state index contributed by atoms with van der Waals surface area (Å²) < 4.78 is 0. The summed E-state index contributed by atoms with van der Waals surface area (Å²) in [5.41, 5.74) is 12.4. The minimum absolute atomic E-state index is 0.374. The van der Waals surface area contributed by atoms with Crippen LogP contribution in [-0.4, -0.2) is 19.0 Å². The fourth-order valence-corrected chi connectivity index (χ4v) is 2.30. The van der Waals surface area contributed by atoms with E-state index in [4.69, 9.17) is 11.5 Å². The number of nitrogens with one attached hydrogen (secondary N) is 1. The number of carbonyl (C=O) groups excluding carboxylic acids is 1.